The van der Waals surface area contributed by atoms with Gasteiger partial charge >= 0.3 is 0 Å². The molecule has 0 aliphatic carbocycles. The van der Waals surface area contributed by atoms with Crippen LogP contribution in [0.2, 0.25) is 0 Å². The topological polar surface area (TPSA) is 56.7 Å². The third-order valence-electron chi connectivity index (χ3n) is 4.70. The van der Waals surface area contributed by atoms with Gasteiger partial charge in [-0.2, -0.15) is 16.0 Å². The van der Waals surface area contributed by atoms with Crippen molar-refractivity contribution in [3.63, 3.8) is 0 Å². The highest BCUT2D eigenvalue weighted by molar-refractivity contribution is 7.07. The van der Waals surface area contributed by atoms with Crippen LogP contribution >= 0.6 is 11.3 Å². The molecule has 4 rings (SSSR count). The average molecular weight is 343 g/mol. The van der Waals surface area contributed by atoms with E-state index in [1.165, 1.54) is 15.1 Å². The molecule has 124 valence electrons. The van der Waals surface area contributed by atoms with Gasteiger partial charge in [-0.25, -0.2) is 0 Å². The Bertz CT molecular complexity index is 868. The lowest BCUT2D eigenvalue weighted by Gasteiger charge is -2.29. The molecule has 6 nitrogen and oxygen atoms in total. The molecule has 2 N–H and O–H groups in total. The highest BCUT2D eigenvalue weighted by Crippen LogP contribution is 2.04. The first kappa shape index (κ1) is 15.4. The summed E-state index contributed by atoms with van der Waals surface area (Å²) in [4.78, 5) is 15.5. The molecule has 1 saturated heterocycles. The molecule has 0 spiro atoms. The van der Waals surface area contributed by atoms with Gasteiger partial charge in [0.05, 0.1) is 5.39 Å². The highest BCUT2D eigenvalue weighted by atomic mass is 32.1. The third-order valence-corrected chi connectivity index (χ3v) is 5.43. The molecular weight excluding hydrogens is 322 g/mol. The van der Waals surface area contributed by atoms with E-state index in [1.807, 2.05) is 24.3 Å². The molecular formula is C17H21N5OS+2. The van der Waals surface area contributed by atoms with Crippen molar-refractivity contribution in [2.24, 2.45) is 0 Å². The Morgan fingerprint density at radius 2 is 1.88 bits per heavy atom. The molecule has 1 aliphatic rings. The number of nitrogens with one attached hydrogen (secondary N) is 2. The van der Waals surface area contributed by atoms with Crippen molar-refractivity contribution in [2.45, 2.75) is 13.2 Å². The van der Waals surface area contributed by atoms with Crippen LogP contribution in [0.4, 0.5) is 0 Å². The molecule has 7 heteroatoms. The van der Waals surface area contributed by atoms with E-state index in [1.54, 1.807) is 16.2 Å². The second-order valence-electron chi connectivity index (χ2n) is 6.38. The van der Waals surface area contributed by atoms with E-state index in [9.17, 15) is 4.79 Å². The quantitative estimate of drug-likeness (QED) is 0.625. The molecule has 2 aromatic heterocycles. The lowest BCUT2D eigenvalue weighted by Crippen LogP contribution is -3.27. The summed E-state index contributed by atoms with van der Waals surface area (Å²) in [5, 5.41) is 13.3. The third kappa shape index (κ3) is 3.24. The van der Waals surface area contributed by atoms with Crippen molar-refractivity contribution in [1.82, 2.24) is 15.0 Å². The van der Waals surface area contributed by atoms with Crippen molar-refractivity contribution in [2.75, 3.05) is 26.2 Å². The van der Waals surface area contributed by atoms with Crippen LogP contribution in [0.25, 0.3) is 10.9 Å². The second-order valence-corrected chi connectivity index (χ2v) is 7.16. The predicted molar refractivity (Wildman–Crippen MR) is 93.2 cm³/mol. The van der Waals surface area contributed by atoms with Gasteiger partial charge in [0.25, 0.3) is 5.56 Å². The summed E-state index contributed by atoms with van der Waals surface area (Å²) in [6.45, 7) is 6.07. The molecule has 3 aromatic rings. The SMILES string of the molecule is O=c1c2ccccc2nnn1C[NH+]1CC[NH+](Cc2ccsc2)CC1. The maximum Gasteiger partial charge on any atom is 0.282 e. The van der Waals surface area contributed by atoms with Crippen LogP contribution in [0.15, 0.2) is 45.9 Å². The fourth-order valence-corrected chi connectivity index (χ4v) is 3.98. The van der Waals surface area contributed by atoms with Crippen LogP contribution in [0.1, 0.15) is 5.56 Å². The number of rotatable bonds is 4. The monoisotopic (exact) mass is 343 g/mol. The summed E-state index contributed by atoms with van der Waals surface area (Å²) in [6, 6.07) is 9.60. The first-order valence-corrected chi connectivity index (χ1v) is 9.24. The molecule has 0 saturated carbocycles. The average Bonchev–Trinajstić information content (AvgIpc) is 3.12. The summed E-state index contributed by atoms with van der Waals surface area (Å²) in [5.41, 5.74) is 2.05. The number of hydrogen-bond acceptors (Lipinski definition) is 4. The van der Waals surface area contributed by atoms with E-state index in [-0.39, 0.29) is 5.56 Å². The summed E-state index contributed by atoms with van der Waals surface area (Å²) in [7, 11) is 0. The molecule has 24 heavy (non-hydrogen) atoms. The van der Waals surface area contributed by atoms with Gasteiger partial charge in [0, 0.05) is 5.56 Å². The van der Waals surface area contributed by atoms with E-state index in [0.717, 1.165) is 32.7 Å². The van der Waals surface area contributed by atoms with Gasteiger partial charge < -0.3 is 9.80 Å². The number of quaternary nitrogens is 2. The Morgan fingerprint density at radius 1 is 1.08 bits per heavy atom. The Balaban J connectivity index is 1.40. The van der Waals surface area contributed by atoms with E-state index in [4.69, 9.17) is 0 Å². The maximum absolute atomic E-state index is 12.5. The van der Waals surface area contributed by atoms with Crippen LogP contribution in [-0.4, -0.2) is 41.2 Å². The predicted octanol–water partition coefficient (Wildman–Crippen LogP) is -1.21. The van der Waals surface area contributed by atoms with Crippen LogP contribution in [0, 0.1) is 0 Å². The zero-order valence-electron chi connectivity index (χ0n) is 13.4. The van der Waals surface area contributed by atoms with Crippen LogP contribution in [0.3, 0.4) is 0 Å². The number of benzene rings is 1. The van der Waals surface area contributed by atoms with Gasteiger partial charge in [-0.1, -0.05) is 17.3 Å². The van der Waals surface area contributed by atoms with Crippen molar-refractivity contribution in [3.05, 3.63) is 57.0 Å². The molecule has 0 atom stereocenters. The van der Waals surface area contributed by atoms with E-state index in [0.29, 0.717) is 17.6 Å². The van der Waals surface area contributed by atoms with Crippen molar-refractivity contribution in [3.8, 4) is 0 Å². The van der Waals surface area contributed by atoms with Crippen molar-refractivity contribution >= 4 is 22.2 Å². The largest absolute Gasteiger partial charge is 0.322 e. The van der Waals surface area contributed by atoms with E-state index < -0.39 is 0 Å². The Morgan fingerprint density at radius 3 is 2.67 bits per heavy atom. The van der Waals surface area contributed by atoms with Crippen LogP contribution in [-0.2, 0) is 13.2 Å². The first-order valence-electron chi connectivity index (χ1n) is 8.30. The van der Waals surface area contributed by atoms with Crippen LogP contribution in [0.5, 0.6) is 0 Å². The Kier molecular flexibility index (Phi) is 4.38. The fraction of sp³-hybridized carbons (Fsp3) is 0.353. The van der Waals surface area contributed by atoms with Crippen molar-refractivity contribution in [1.29, 1.82) is 0 Å². The number of aromatic nitrogens is 3. The maximum atomic E-state index is 12.5. The zero-order chi connectivity index (χ0) is 16.4. The van der Waals surface area contributed by atoms with Gasteiger partial charge in [-0.15, -0.1) is 5.10 Å². The summed E-state index contributed by atoms with van der Waals surface area (Å²) in [5.74, 6) is 0. The minimum absolute atomic E-state index is 0.0406. The molecule has 0 amide bonds. The number of thiophene rings is 1. The molecule has 1 aliphatic heterocycles. The smallest absolute Gasteiger partial charge is 0.282 e. The highest BCUT2D eigenvalue weighted by Gasteiger charge is 2.24. The minimum Gasteiger partial charge on any atom is -0.322 e. The van der Waals surface area contributed by atoms with Gasteiger partial charge in [0.1, 0.15) is 38.2 Å². The van der Waals surface area contributed by atoms with Crippen LogP contribution < -0.4 is 15.4 Å². The lowest BCUT2D eigenvalue weighted by molar-refractivity contribution is -1.03. The molecule has 0 bridgehead atoms. The second kappa shape index (κ2) is 6.80. The number of fused-ring (bicyclic) bond motifs is 1. The first-order chi connectivity index (χ1) is 11.8. The summed E-state index contributed by atoms with van der Waals surface area (Å²) in [6.07, 6.45) is 0. The molecule has 1 fully saturated rings. The fourth-order valence-electron chi connectivity index (χ4n) is 3.31. The normalized spacial score (nSPS) is 21.2. The molecule has 3 heterocycles. The number of hydrogen-bond donors (Lipinski definition) is 2. The number of piperazine rings is 1. The summed E-state index contributed by atoms with van der Waals surface area (Å²) < 4.78 is 1.52. The summed E-state index contributed by atoms with van der Waals surface area (Å²) >= 11 is 1.76. The Labute approximate surface area is 143 Å². The van der Waals surface area contributed by atoms with Gasteiger partial charge in [0.2, 0.25) is 0 Å². The molecule has 1 aromatic carbocycles. The standard InChI is InChI=1S/C17H19N5OS/c23-17-15-3-1-2-4-16(15)18-19-22(17)13-21-8-6-20(7-9-21)11-14-5-10-24-12-14/h1-5,10,12H,6-9,11,13H2/p+2. The van der Waals surface area contributed by atoms with E-state index >= 15 is 0 Å². The van der Waals surface area contributed by atoms with Gasteiger partial charge in [-0.3, -0.25) is 4.79 Å². The van der Waals surface area contributed by atoms with Gasteiger partial charge in [-0.05, 0) is 29.0 Å². The molecule has 0 radical (unpaired) electrons. The van der Waals surface area contributed by atoms with Crippen molar-refractivity contribution < 1.29 is 9.80 Å². The minimum atomic E-state index is -0.0406. The zero-order valence-corrected chi connectivity index (χ0v) is 14.3. The number of nitrogens with zero attached hydrogens (tertiary/aromatic N) is 3. The molecule has 0 unspecified atom stereocenters. The Hall–Kier alpha value is -2.09. The van der Waals surface area contributed by atoms with Gasteiger partial charge in [0.15, 0.2) is 6.67 Å². The lowest BCUT2D eigenvalue weighted by atomic mass is 10.2. The van der Waals surface area contributed by atoms with E-state index in [2.05, 4.69) is 27.1 Å².